The van der Waals surface area contributed by atoms with Gasteiger partial charge in [0.25, 0.3) is 0 Å². The van der Waals surface area contributed by atoms with Gasteiger partial charge in [-0.2, -0.15) is 11.8 Å². The highest BCUT2D eigenvalue weighted by atomic mass is 79.9. The van der Waals surface area contributed by atoms with Gasteiger partial charge in [-0.15, -0.1) is 0 Å². The Bertz CT molecular complexity index is 323. The van der Waals surface area contributed by atoms with Crippen LogP contribution >= 0.6 is 27.7 Å². The van der Waals surface area contributed by atoms with Gasteiger partial charge in [-0.25, -0.2) is 0 Å². The first kappa shape index (κ1) is 11.5. The van der Waals surface area contributed by atoms with E-state index in [1.54, 1.807) is 0 Å². The number of nitrogens with two attached hydrogens (primary N) is 1. The molecule has 0 aromatic heterocycles. The maximum absolute atomic E-state index is 6.23. The molecule has 0 saturated carbocycles. The van der Waals surface area contributed by atoms with E-state index in [-0.39, 0.29) is 0 Å². The molecule has 2 rings (SSSR count). The molecule has 1 aromatic carbocycles. The van der Waals surface area contributed by atoms with Crippen LogP contribution in [-0.4, -0.2) is 17.5 Å². The van der Waals surface area contributed by atoms with Gasteiger partial charge in [0.15, 0.2) is 0 Å². The minimum Gasteiger partial charge on any atom is -0.327 e. The molecule has 82 valence electrons. The smallest absolute Gasteiger partial charge is 0.0178 e. The van der Waals surface area contributed by atoms with Crippen molar-refractivity contribution in [1.29, 1.82) is 0 Å². The minimum absolute atomic E-state index is 0.328. The Hall–Kier alpha value is 0.01000. The van der Waals surface area contributed by atoms with E-state index in [4.69, 9.17) is 5.73 Å². The van der Waals surface area contributed by atoms with Crippen molar-refractivity contribution in [2.75, 3.05) is 11.5 Å². The first-order chi connectivity index (χ1) is 7.25. The second-order valence-electron chi connectivity index (χ2n) is 4.12. The summed E-state index contributed by atoms with van der Waals surface area (Å²) in [6, 6.07) is 8.79. The van der Waals surface area contributed by atoms with E-state index in [2.05, 4.69) is 40.2 Å². The van der Waals surface area contributed by atoms with Gasteiger partial charge in [0.1, 0.15) is 0 Å². The third-order valence-corrected chi connectivity index (χ3v) is 4.61. The summed E-state index contributed by atoms with van der Waals surface area (Å²) in [7, 11) is 0. The SMILES string of the molecule is NC(Cc1cccc(Br)c1)C1CCSC1. The topological polar surface area (TPSA) is 26.0 Å². The molecule has 0 aliphatic carbocycles. The number of thioether (sulfide) groups is 1. The molecular weight excluding hydrogens is 270 g/mol. The van der Waals surface area contributed by atoms with E-state index < -0.39 is 0 Å². The van der Waals surface area contributed by atoms with E-state index in [0.717, 1.165) is 10.9 Å². The average molecular weight is 286 g/mol. The van der Waals surface area contributed by atoms with Crippen molar-refractivity contribution in [3.63, 3.8) is 0 Å². The van der Waals surface area contributed by atoms with Gasteiger partial charge >= 0.3 is 0 Å². The van der Waals surface area contributed by atoms with E-state index in [1.165, 1.54) is 23.5 Å². The van der Waals surface area contributed by atoms with Crippen LogP contribution < -0.4 is 5.73 Å². The molecule has 0 spiro atoms. The molecule has 0 bridgehead atoms. The molecule has 1 aliphatic heterocycles. The summed E-state index contributed by atoms with van der Waals surface area (Å²) < 4.78 is 1.15. The molecule has 1 aromatic rings. The monoisotopic (exact) mass is 285 g/mol. The fourth-order valence-corrected chi connectivity index (χ4v) is 3.79. The summed E-state index contributed by atoms with van der Waals surface area (Å²) >= 11 is 5.53. The van der Waals surface area contributed by atoms with E-state index in [0.29, 0.717) is 12.0 Å². The minimum atomic E-state index is 0.328. The second-order valence-corrected chi connectivity index (χ2v) is 6.19. The molecule has 1 fully saturated rings. The lowest BCUT2D eigenvalue weighted by Crippen LogP contribution is -2.32. The van der Waals surface area contributed by atoms with Crippen LogP contribution in [0, 0.1) is 5.92 Å². The van der Waals surface area contributed by atoms with E-state index in [9.17, 15) is 0 Å². The molecule has 2 unspecified atom stereocenters. The third kappa shape index (κ3) is 3.23. The van der Waals surface area contributed by atoms with Gasteiger partial charge in [0.05, 0.1) is 0 Å². The molecule has 0 radical (unpaired) electrons. The Morgan fingerprint density at radius 1 is 1.53 bits per heavy atom. The summed E-state index contributed by atoms with van der Waals surface area (Å²) in [5.74, 6) is 3.25. The summed E-state index contributed by atoms with van der Waals surface area (Å²) in [4.78, 5) is 0. The first-order valence-electron chi connectivity index (χ1n) is 5.33. The summed E-state index contributed by atoms with van der Waals surface area (Å²) in [6.07, 6.45) is 2.30. The molecular formula is C12H16BrNS. The van der Waals surface area contributed by atoms with Crippen molar-refractivity contribution < 1.29 is 0 Å². The zero-order chi connectivity index (χ0) is 10.7. The van der Waals surface area contributed by atoms with Gasteiger partial charge in [-0.1, -0.05) is 28.1 Å². The highest BCUT2D eigenvalue weighted by Crippen LogP contribution is 2.27. The van der Waals surface area contributed by atoms with E-state index in [1.807, 2.05) is 11.8 Å². The Morgan fingerprint density at radius 2 is 2.40 bits per heavy atom. The largest absolute Gasteiger partial charge is 0.327 e. The van der Waals surface area contributed by atoms with Crippen LogP contribution in [0.15, 0.2) is 28.7 Å². The molecule has 1 nitrogen and oxygen atoms in total. The number of hydrogen-bond donors (Lipinski definition) is 1. The molecule has 2 N–H and O–H groups in total. The lowest BCUT2D eigenvalue weighted by atomic mass is 9.94. The molecule has 2 atom stereocenters. The maximum Gasteiger partial charge on any atom is 0.0178 e. The van der Waals surface area contributed by atoms with Crippen LogP contribution in [0.5, 0.6) is 0 Å². The first-order valence-corrected chi connectivity index (χ1v) is 7.28. The van der Waals surface area contributed by atoms with Crippen LogP contribution in [0.1, 0.15) is 12.0 Å². The quantitative estimate of drug-likeness (QED) is 0.924. The predicted molar refractivity (Wildman–Crippen MR) is 71.3 cm³/mol. The molecule has 0 amide bonds. The van der Waals surface area contributed by atoms with Crippen LogP contribution in [0.3, 0.4) is 0 Å². The number of halogens is 1. The highest BCUT2D eigenvalue weighted by molar-refractivity contribution is 9.10. The molecule has 1 aliphatic rings. The lowest BCUT2D eigenvalue weighted by molar-refractivity contribution is 0.463. The van der Waals surface area contributed by atoms with Gasteiger partial charge in [-0.3, -0.25) is 0 Å². The van der Waals surface area contributed by atoms with Crippen LogP contribution in [0.4, 0.5) is 0 Å². The van der Waals surface area contributed by atoms with Crippen LogP contribution in [0.2, 0.25) is 0 Å². The predicted octanol–water partition coefficient (Wildman–Crippen LogP) is 3.07. The molecule has 3 heteroatoms. The third-order valence-electron chi connectivity index (χ3n) is 2.93. The Balaban J connectivity index is 1.95. The number of benzene rings is 1. The van der Waals surface area contributed by atoms with Crippen LogP contribution in [-0.2, 0) is 6.42 Å². The van der Waals surface area contributed by atoms with Gasteiger partial charge in [-0.05, 0) is 48.0 Å². The molecule has 1 heterocycles. The van der Waals surface area contributed by atoms with Crippen LogP contribution in [0.25, 0.3) is 0 Å². The van der Waals surface area contributed by atoms with Crippen molar-refractivity contribution in [3.8, 4) is 0 Å². The summed E-state index contributed by atoms with van der Waals surface area (Å²) in [5, 5.41) is 0. The van der Waals surface area contributed by atoms with Crippen molar-refractivity contribution in [2.45, 2.75) is 18.9 Å². The van der Waals surface area contributed by atoms with Gasteiger partial charge in [0, 0.05) is 10.5 Å². The van der Waals surface area contributed by atoms with Gasteiger partial charge in [0.2, 0.25) is 0 Å². The maximum atomic E-state index is 6.23. The summed E-state index contributed by atoms with van der Waals surface area (Å²) in [5.41, 5.74) is 7.57. The highest BCUT2D eigenvalue weighted by Gasteiger charge is 2.22. The van der Waals surface area contributed by atoms with E-state index >= 15 is 0 Å². The molecule has 15 heavy (non-hydrogen) atoms. The second kappa shape index (κ2) is 5.37. The lowest BCUT2D eigenvalue weighted by Gasteiger charge is -2.18. The van der Waals surface area contributed by atoms with Crippen molar-refractivity contribution >= 4 is 27.7 Å². The normalized spacial score (nSPS) is 22.9. The number of rotatable bonds is 3. The fourth-order valence-electron chi connectivity index (χ4n) is 1.99. The molecule has 1 saturated heterocycles. The average Bonchev–Trinajstić information content (AvgIpc) is 2.70. The Labute approximate surface area is 104 Å². The van der Waals surface area contributed by atoms with Crippen molar-refractivity contribution in [1.82, 2.24) is 0 Å². The zero-order valence-corrected chi connectivity index (χ0v) is 11.1. The Morgan fingerprint density at radius 3 is 3.07 bits per heavy atom. The zero-order valence-electron chi connectivity index (χ0n) is 8.66. The Kier molecular flexibility index (Phi) is 4.12. The fraction of sp³-hybridized carbons (Fsp3) is 0.500. The standard InChI is InChI=1S/C12H16BrNS/c13-11-3-1-2-9(6-11)7-12(14)10-4-5-15-8-10/h1-3,6,10,12H,4-5,7-8,14H2. The number of hydrogen-bond acceptors (Lipinski definition) is 2. The summed E-state index contributed by atoms with van der Waals surface area (Å²) in [6.45, 7) is 0. The van der Waals surface area contributed by atoms with Crippen molar-refractivity contribution in [2.24, 2.45) is 11.7 Å². The van der Waals surface area contributed by atoms with Crippen molar-refractivity contribution in [3.05, 3.63) is 34.3 Å². The van der Waals surface area contributed by atoms with Gasteiger partial charge < -0.3 is 5.73 Å².